The Morgan fingerprint density at radius 1 is 1.26 bits per heavy atom. The van der Waals surface area contributed by atoms with Crippen LogP contribution in [0.2, 0.25) is 0 Å². The second-order valence-electron chi connectivity index (χ2n) is 6.34. The van der Waals surface area contributed by atoms with E-state index in [0.717, 1.165) is 25.2 Å². The summed E-state index contributed by atoms with van der Waals surface area (Å²) in [5.41, 5.74) is 4.40. The van der Waals surface area contributed by atoms with Gasteiger partial charge in [0.1, 0.15) is 11.8 Å². The summed E-state index contributed by atoms with van der Waals surface area (Å²) >= 11 is 0. The van der Waals surface area contributed by atoms with Crippen molar-refractivity contribution in [2.75, 3.05) is 20.6 Å². The maximum absolute atomic E-state index is 9.15. The van der Waals surface area contributed by atoms with Crippen molar-refractivity contribution in [2.24, 2.45) is 7.05 Å². The third-order valence-electron chi connectivity index (χ3n) is 4.25. The number of hydrogen-bond donors (Lipinski definition) is 1. The van der Waals surface area contributed by atoms with E-state index < -0.39 is 0 Å². The zero-order valence-corrected chi connectivity index (χ0v) is 14.5. The van der Waals surface area contributed by atoms with Gasteiger partial charge in [-0.05, 0) is 44.6 Å². The number of benzene rings is 1. The molecule has 0 fully saturated rings. The first kappa shape index (κ1) is 17.3. The highest BCUT2D eigenvalue weighted by molar-refractivity contribution is 5.34. The third-order valence-corrected chi connectivity index (χ3v) is 4.25. The maximum atomic E-state index is 9.15. The Morgan fingerprint density at radius 2 is 1.96 bits per heavy atom. The van der Waals surface area contributed by atoms with Gasteiger partial charge in [0.15, 0.2) is 0 Å². The van der Waals surface area contributed by atoms with Crippen molar-refractivity contribution >= 4 is 0 Å². The van der Waals surface area contributed by atoms with Gasteiger partial charge in [-0.25, -0.2) is 0 Å². The van der Waals surface area contributed by atoms with E-state index in [-0.39, 0.29) is 0 Å². The Labute approximate surface area is 139 Å². The maximum Gasteiger partial charge on any atom is 0.120 e. The van der Waals surface area contributed by atoms with Gasteiger partial charge in [0.25, 0.3) is 0 Å². The van der Waals surface area contributed by atoms with Gasteiger partial charge < -0.3 is 14.8 Å². The molecule has 2 rings (SSSR count). The molecule has 0 bridgehead atoms. The molecule has 1 aromatic heterocycles. The predicted octanol–water partition coefficient (Wildman–Crippen LogP) is 2.47. The normalized spacial score (nSPS) is 12.3. The average Bonchev–Trinajstić information content (AvgIpc) is 2.80. The van der Waals surface area contributed by atoms with Crippen molar-refractivity contribution in [3.63, 3.8) is 0 Å². The van der Waals surface area contributed by atoms with Crippen LogP contribution < -0.4 is 5.32 Å². The smallest absolute Gasteiger partial charge is 0.120 e. The molecule has 122 valence electrons. The minimum atomic E-state index is 0.373. The number of likely N-dealkylation sites (N-methyl/N-ethyl adjacent to an activating group) is 1. The highest BCUT2D eigenvalue weighted by atomic mass is 15.1. The van der Waals surface area contributed by atoms with Gasteiger partial charge >= 0.3 is 0 Å². The molecule has 0 saturated carbocycles. The van der Waals surface area contributed by atoms with E-state index >= 15 is 0 Å². The van der Waals surface area contributed by atoms with Crippen molar-refractivity contribution in [2.45, 2.75) is 25.9 Å². The van der Waals surface area contributed by atoms with Gasteiger partial charge in [-0.15, -0.1) is 0 Å². The molecule has 1 heterocycles. The van der Waals surface area contributed by atoms with Crippen LogP contribution in [0.4, 0.5) is 0 Å². The number of hydrogen-bond acceptors (Lipinski definition) is 3. The molecule has 0 aliphatic rings. The Morgan fingerprint density at radius 3 is 2.52 bits per heavy atom. The minimum absolute atomic E-state index is 0.373. The molecule has 1 atom stereocenters. The summed E-state index contributed by atoms with van der Waals surface area (Å²) in [6.45, 7) is 3.83. The molecule has 0 radical (unpaired) electrons. The van der Waals surface area contributed by atoms with Gasteiger partial charge in [-0.3, -0.25) is 0 Å². The van der Waals surface area contributed by atoms with Gasteiger partial charge in [-0.2, -0.15) is 5.26 Å². The largest absolute Gasteiger partial charge is 0.340 e. The molecule has 1 unspecified atom stereocenters. The predicted molar refractivity (Wildman–Crippen MR) is 94.2 cm³/mol. The first-order valence-corrected chi connectivity index (χ1v) is 7.98. The quantitative estimate of drug-likeness (QED) is 0.854. The molecule has 4 nitrogen and oxygen atoms in total. The van der Waals surface area contributed by atoms with Crippen LogP contribution in [0.5, 0.6) is 0 Å². The van der Waals surface area contributed by atoms with E-state index in [1.165, 1.54) is 11.1 Å². The average molecular weight is 310 g/mol. The Balaban J connectivity index is 2.05. The summed E-state index contributed by atoms with van der Waals surface area (Å²) in [7, 11) is 6.14. The van der Waals surface area contributed by atoms with Crippen LogP contribution in [-0.2, 0) is 20.0 Å². The standard InChI is InChI=1S/C19H26N4/c1-15-17(11-19(12-20)23(15)4)13-21-18(14-22(2)3)10-16-8-6-5-7-9-16/h5-9,11,18,21H,10,13-14H2,1-4H3. The molecule has 0 aliphatic heterocycles. The lowest BCUT2D eigenvalue weighted by Gasteiger charge is -2.22. The second-order valence-corrected chi connectivity index (χ2v) is 6.34. The lowest BCUT2D eigenvalue weighted by atomic mass is 10.1. The SMILES string of the molecule is Cc1c(CNC(Cc2ccccc2)CN(C)C)cc(C#N)n1C. The summed E-state index contributed by atoms with van der Waals surface area (Å²) in [5, 5.41) is 12.8. The first-order valence-electron chi connectivity index (χ1n) is 7.98. The first-order chi connectivity index (χ1) is 11.0. The van der Waals surface area contributed by atoms with Gasteiger partial charge in [0.05, 0.1) is 0 Å². The summed E-state index contributed by atoms with van der Waals surface area (Å²) in [6.07, 6.45) is 0.996. The monoisotopic (exact) mass is 310 g/mol. The molecule has 23 heavy (non-hydrogen) atoms. The van der Waals surface area contributed by atoms with Crippen molar-refractivity contribution < 1.29 is 0 Å². The summed E-state index contributed by atoms with van der Waals surface area (Å²) < 4.78 is 1.95. The number of nitriles is 1. The Bertz CT molecular complexity index is 665. The topological polar surface area (TPSA) is 44.0 Å². The third kappa shape index (κ3) is 4.69. The highest BCUT2D eigenvalue weighted by Gasteiger charge is 2.13. The molecule has 2 aromatic rings. The van der Waals surface area contributed by atoms with Crippen LogP contribution >= 0.6 is 0 Å². The summed E-state index contributed by atoms with van der Waals surface area (Å²) in [5.74, 6) is 0. The van der Waals surface area contributed by atoms with Gasteiger partial charge in [0.2, 0.25) is 0 Å². The van der Waals surface area contributed by atoms with E-state index in [1.807, 2.05) is 17.7 Å². The zero-order chi connectivity index (χ0) is 16.8. The molecule has 0 amide bonds. The van der Waals surface area contributed by atoms with Crippen LogP contribution in [-0.4, -0.2) is 36.1 Å². The molecule has 0 spiro atoms. The van der Waals surface area contributed by atoms with E-state index in [0.29, 0.717) is 11.7 Å². The van der Waals surface area contributed by atoms with Crippen LogP contribution in [0.15, 0.2) is 36.4 Å². The van der Waals surface area contributed by atoms with E-state index in [4.69, 9.17) is 5.26 Å². The molecular formula is C19H26N4. The molecule has 1 N–H and O–H groups in total. The van der Waals surface area contributed by atoms with Gasteiger partial charge in [0, 0.05) is 31.9 Å². The second kappa shape index (κ2) is 7.96. The number of nitrogens with zero attached hydrogens (tertiary/aromatic N) is 3. The van der Waals surface area contributed by atoms with Crippen LogP contribution in [0.25, 0.3) is 0 Å². The fourth-order valence-corrected chi connectivity index (χ4v) is 2.84. The number of rotatable bonds is 7. The fraction of sp³-hybridized carbons (Fsp3) is 0.421. The highest BCUT2D eigenvalue weighted by Crippen LogP contribution is 2.14. The lowest BCUT2D eigenvalue weighted by Crippen LogP contribution is -2.39. The zero-order valence-electron chi connectivity index (χ0n) is 14.5. The van der Waals surface area contributed by atoms with Crippen molar-refractivity contribution in [1.29, 1.82) is 5.26 Å². The Hall–Kier alpha value is -2.09. The number of nitrogens with one attached hydrogen (secondary N) is 1. The van der Waals surface area contributed by atoms with E-state index in [1.54, 1.807) is 0 Å². The van der Waals surface area contributed by atoms with Crippen LogP contribution in [0, 0.1) is 18.3 Å². The summed E-state index contributed by atoms with van der Waals surface area (Å²) in [4.78, 5) is 2.21. The Kier molecular flexibility index (Phi) is 5.97. The van der Waals surface area contributed by atoms with Crippen molar-refractivity contribution in [3.05, 3.63) is 58.9 Å². The van der Waals surface area contributed by atoms with E-state index in [9.17, 15) is 0 Å². The molecule has 1 aromatic carbocycles. The van der Waals surface area contributed by atoms with Crippen molar-refractivity contribution in [3.8, 4) is 6.07 Å². The van der Waals surface area contributed by atoms with Crippen LogP contribution in [0.3, 0.4) is 0 Å². The summed E-state index contributed by atoms with van der Waals surface area (Å²) in [6, 6.07) is 15.2. The van der Waals surface area contributed by atoms with E-state index in [2.05, 4.69) is 67.6 Å². The fourth-order valence-electron chi connectivity index (χ4n) is 2.84. The lowest BCUT2D eigenvalue weighted by molar-refractivity contribution is 0.334. The molecule has 0 aliphatic carbocycles. The van der Waals surface area contributed by atoms with Crippen molar-refractivity contribution in [1.82, 2.24) is 14.8 Å². The van der Waals surface area contributed by atoms with Gasteiger partial charge in [-0.1, -0.05) is 30.3 Å². The number of aromatic nitrogens is 1. The molecule has 0 saturated heterocycles. The molecule has 4 heteroatoms. The minimum Gasteiger partial charge on any atom is -0.340 e. The molecular weight excluding hydrogens is 284 g/mol. The van der Waals surface area contributed by atoms with Crippen LogP contribution in [0.1, 0.15) is 22.5 Å².